The Kier molecular flexibility index (Phi) is 5.52. The number of rotatable bonds is 7. The minimum atomic E-state index is 0.137. The van der Waals surface area contributed by atoms with Crippen LogP contribution in [0, 0.1) is 0 Å². The van der Waals surface area contributed by atoms with Crippen molar-refractivity contribution in [2.24, 2.45) is 0 Å². The van der Waals surface area contributed by atoms with Crippen molar-refractivity contribution in [2.45, 2.75) is 19.9 Å². The molecule has 5 nitrogen and oxygen atoms in total. The zero-order chi connectivity index (χ0) is 15.2. The van der Waals surface area contributed by atoms with Gasteiger partial charge >= 0.3 is 0 Å². The van der Waals surface area contributed by atoms with Gasteiger partial charge in [0.15, 0.2) is 5.76 Å². The lowest BCUT2D eigenvalue weighted by Gasteiger charge is -2.22. The first-order valence-electron chi connectivity index (χ1n) is 7.02. The number of aromatic nitrogens is 1. The molecule has 2 aromatic heterocycles. The predicted octanol–water partition coefficient (Wildman–Crippen LogP) is 2.70. The molecule has 0 aliphatic heterocycles. The maximum absolute atomic E-state index is 12.0. The van der Waals surface area contributed by atoms with E-state index in [0.717, 1.165) is 22.9 Å². The molecule has 0 atom stereocenters. The van der Waals surface area contributed by atoms with Crippen molar-refractivity contribution < 1.29 is 9.32 Å². The Morgan fingerprint density at radius 3 is 2.81 bits per heavy atom. The van der Waals surface area contributed by atoms with E-state index in [9.17, 15) is 4.79 Å². The van der Waals surface area contributed by atoms with Crippen molar-refractivity contribution in [2.75, 3.05) is 27.2 Å². The number of carbonyl (C=O) groups is 1. The number of likely N-dealkylation sites (N-methyl/N-ethyl adjacent to an activating group) is 1. The van der Waals surface area contributed by atoms with Gasteiger partial charge < -0.3 is 14.3 Å². The van der Waals surface area contributed by atoms with E-state index in [2.05, 4.69) is 10.1 Å². The monoisotopic (exact) mass is 307 g/mol. The average Bonchev–Trinajstić information content (AvgIpc) is 3.12. The van der Waals surface area contributed by atoms with E-state index in [0.29, 0.717) is 19.5 Å². The number of amides is 1. The molecule has 114 valence electrons. The summed E-state index contributed by atoms with van der Waals surface area (Å²) in [6, 6.07) is 5.89. The largest absolute Gasteiger partial charge is 0.355 e. The molecule has 0 bridgehead atoms. The van der Waals surface area contributed by atoms with Crippen LogP contribution in [-0.4, -0.2) is 48.0 Å². The van der Waals surface area contributed by atoms with Gasteiger partial charge in [0.2, 0.25) is 5.91 Å². The third-order valence-electron chi connectivity index (χ3n) is 3.15. The number of thiophene rings is 1. The van der Waals surface area contributed by atoms with E-state index in [1.165, 1.54) is 0 Å². The van der Waals surface area contributed by atoms with Crippen LogP contribution in [-0.2, 0) is 11.3 Å². The molecule has 0 fully saturated rings. The summed E-state index contributed by atoms with van der Waals surface area (Å²) in [7, 11) is 4.00. The fourth-order valence-electron chi connectivity index (χ4n) is 1.95. The Morgan fingerprint density at radius 1 is 1.38 bits per heavy atom. The Balaban J connectivity index is 2.04. The lowest BCUT2D eigenvalue weighted by molar-refractivity contribution is -0.131. The van der Waals surface area contributed by atoms with Gasteiger partial charge in [-0.25, -0.2) is 0 Å². The molecule has 0 saturated carbocycles. The topological polar surface area (TPSA) is 49.6 Å². The smallest absolute Gasteiger partial charge is 0.222 e. The van der Waals surface area contributed by atoms with Gasteiger partial charge in [0.1, 0.15) is 5.69 Å². The first-order valence-corrected chi connectivity index (χ1v) is 7.90. The Labute approximate surface area is 129 Å². The van der Waals surface area contributed by atoms with Gasteiger partial charge in [-0.15, -0.1) is 11.3 Å². The highest BCUT2D eigenvalue weighted by Gasteiger charge is 2.15. The zero-order valence-electron chi connectivity index (χ0n) is 12.7. The third-order valence-corrected chi connectivity index (χ3v) is 4.03. The summed E-state index contributed by atoms with van der Waals surface area (Å²) in [4.78, 5) is 17.0. The number of carbonyl (C=O) groups excluding carboxylic acids is 1. The van der Waals surface area contributed by atoms with Crippen LogP contribution in [0.3, 0.4) is 0 Å². The summed E-state index contributed by atoms with van der Waals surface area (Å²) >= 11 is 1.61. The van der Waals surface area contributed by atoms with Crippen molar-refractivity contribution in [3.05, 3.63) is 29.3 Å². The molecule has 0 radical (unpaired) electrons. The van der Waals surface area contributed by atoms with Gasteiger partial charge in [-0.3, -0.25) is 4.79 Å². The molecule has 1 amide bonds. The van der Waals surface area contributed by atoms with Crippen molar-refractivity contribution in [1.82, 2.24) is 15.0 Å². The van der Waals surface area contributed by atoms with Gasteiger partial charge in [0.05, 0.1) is 11.4 Å². The zero-order valence-corrected chi connectivity index (χ0v) is 13.5. The minimum absolute atomic E-state index is 0.137. The molecule has 0 aliphatic carbocycles. The van der Waals surface area contributed by atoms with E-state index in [4.69, 9.17) is 4.52 Å². The van der Waals surface area contributed by atoms with Crippen molar-refractivity contribution in [3.8, 4) is 10.6 Å². The molecule has 0 N–H and O–H groups in total. The highest BCUT2D eigenvalue weighted by molar-refractivity contribution is 7.13. The molecule has 0 spiro atoms. The second kappa shape index (κ2) is 7.38. The highest BCUT2D eigenvalue weighted by Crippen LogP contribution is 2.25. The molecular formula is C15H21N3O2S. The van der Waals surface area contributed by atoms with E-state index in [-0.39, 0.29) is 5.91 Å². The summed E-state index contributed by atoms with van der Waals surface area (Å²) in [5.41, 5.74) is 0.791. The van der Waals surface area contributed by atoms with Crippen LogP contribution < -0.4 is 0 Å². The predicted molar refractivity (Wildman–Crippen MR) is 84.1 cm³/mol. The number of hydrogen-bond donors (Lipinski definition) is 0. The summed E-state index contributed by atoms with van der Waals surface area (Å²) in [5.74, 6) is 0.897. The summed E-state index contributed by atoms with van der Waals surface area (Å²) in [6.45, 7) is 3.91. The van der Waals surface area contributed by atoms with Crippen LogP contribution in [0.2, 0.25) is 0 Å². The Morgan fingerprint density at radius 2 is 2.19 bits per heavy atom. The fourth-order valence-corrected chi connectivity index (χ4v) is 2.63. The van der Waals surface area contributed by atoms with Crippen LogP contribution >= 0.6 is 11.3 Å². The van der Waals surface area contributed by atoms with Gasteiger partial charge in [-0.2, -0.15) is 0 Å². The summed E-state index contributed by atoms with van der Waals surface area (Å²) < 4.78 is 5.36. The highest BCUT2D eigenvalue weighted by atomic mass is 32.1. The van der Waals surface area contributed by atoms with Gasteiger partial charge in [-0.05, 0) is 25.5 Å². The van der Waals surface area contributed by atoms with Gasteiger partial charge in [-0.1, -0.05) is 18.1 Å². The average molecular weight is 307 g/mol. The molecule has 0 aromatic carbocycles. The second-order valence-electron chi connectivity index (χ2n) is 5.13. The Hall–Kier alpha value is -1.66. The van der Waals surface area contributed by atoms with E-state index >= 15 is 0 Å². The van der Waals surface area contributed by atoms with Crippen LogP contribution in [0.25, 0.3) is 10.6 Å². The van der Waals surface area contributed by atoms with Crippen LogP contribution in [0.4, 0.5) is 0 Å². The first-order chi connectivity index (χ1) is 10.1. The normalized spacial score (nSPS) is 11.0. The molecule has 0 unspecified atom stereocenters. The second-order valence-corrected chi connectivity index (χ2v) is 6.08. The quantitative estimate of drug-likeness (QED) is 0.789. The van der Waals surface area contributed by atoms with Gasteiger partial charge in [0, 0.05) is 25.6 Å². The molecule has 2 rings (SSSR count). The summed E-state index contributed by atoms with van der Waals surface area (Å²) in [6.07, 6.45) is 0.503. The molecule has 2 heterocycles. The fraction of sp³-hybridized carbons (Fsp3) is 0.467. The van der Waals surface area contributed by atoms with E-state index < -0.39 is 0 Å². The lowest BCUT2D eigenvalue weighted by Crippen LogP contribution is -2.35. The summed E-state index contributed by atoms with van der Waals surface area (Å²) in [5, 5.41) is 6.08. The van der Waals surface area contributed by atoms with E-state index in [1.807, 2.05) is 49.5 Å². The molecule has 2 aromatic rings. The molecule has 0 aliphatic rings. The molecule has 0 saturated heterocycles. The maximum atomic E-state index is 12.0. The van der Waals surface area contributed by atoms with Crippen molar-refractivity contribution in [3.63, 3.8) is 0 Å². The number of hydrogen-bond acceptors (Lipinski definition) is 5. The Bertz CT molecular complexity index is 563. The van der Waals surface area contributed by atoms with Crippen LogP contribution in [0.1, 0.15) is 19.0 Å². The van der Waals surface area contributed by atoms with Crippen molar-refractivity contribution in [1.29, 1.82) is 0 Å². The lowest BCUT2D eigenvalue weighted by atomic mass is 10.3. The van der Waals surface area contributed by atoms with Gasteiger partial charge in [0.25, 0.3) is 0 Å². The third kappa shape index (κ3) is 4.41. The van der Waals surface area contributed by atoms with Crippen LogP contribution in [0.15, 0.2) is 28.1 Å². The van der Waals surface area contributed by atoms with E-state index in [1.54, 1.807) is 11.3 Å². The van der Waals surface area contributed by atoms with Crippen LogP contribution in [0.5, 0.6) is 0 Å². The first kappa shape index (κ1) is 15.7. The molecular weight excluding hydrogens is 286 g/mol. The standard InChI is InChI=1S/C15H21N3O2S/c1-4-15(19)18(8-7-17(2)3)11-12-10-13(20-16-12)14-6-5-9-21-14/h5-6,9-10H,4,7-8,11H2,1-3H3. The van der Waals surface area contributed by atoms with Crippen molar-refractivity contribution >= 4 is 17.2 Å². The minimum Gasteiger partial charge on any atom is -0.355 e. The SMILES string of the molecule is CCC(=O)N(CCN(C)C)Cc1cc(-c2cccs2)on1. The maximum Gasteiger partial charge on any atom is 0.222 e. The number of nitrogens with zero attached hydrogens (tertiary/aromatic N) is 3. The molecule has 21 heavy (non-hydrogen) atoms. The molecule has 6 heteroatoms.